The molecule has 33 heavy (non-hydrogen) atoms. The Morgan fingerprint density at radius 2 is 1.79 bits per heavy atom. The molecule has 10 unspecified atom stereocenters. The van der Waals surface area contributed by atoms with Gasteiger partial charge in [-0.2, -0.15) is 0 Å². The van der Waals surface area contributed by atoms with Crippen LogP contribution in [0.5, 0.6) is 0 Å². The van der Waals surface area contributed by atoms with Crippen molar-refractivity contribution < 1.29 is 24.5 Å². The topological polar surface area (TPSA) is 83.8 Å². The summed E-state index contributed by atoms with van der Waals surface area (Å²) in [5.74, 6) is -1.32. The number of Topliss-reactive ketones (excluding diaryl/α,β-unsaturated/α-hetero) is 2. The number of fused-ring (bicyclic) bond motifs is 1. The van der Waals surface area contributed by atoms with E-state index >= 15 is 0 Å². The first-order valence-electron chi connectivity index (χ1n) is 13.2. The minimum Gasteiger partial charge on any atom is -0.396 e. The first-order valence-corrected chi connectivity index (χ1v) is 13.2. The number of hydrogen-bond acceptors (Lipinski definition) is 5. The molecule has 2 heterocycles. The summed E-state index contributed by atoms with van der Waals surface area (Å²) in [7, 11) is 0. The number of ketones is 2. The van der Waals surface area contributed by atoms with Gasteiger partial charge < -0.3 is 14.9 Å². The van der Waals surface area contributed by atoms with Crippen molar-refractivity contribution >= 4 is 11.6 Å². The predicted octanol–water partition coefficient (Wildman–Crippen LogP) is 4.55. The molecule has 10 atom stereocenters. The molecule has 2 saturated carbocycles. The number of carbonyl (C=O) groups is 2. The van der Waals surface area contributed by atoms with Crippen LogP contribution in [0.15, 0.2) is 12.2 Å². The SMILES string of the molecule is CC(C)C(C)C=CC(C)C1CCC(C2C(=O)C3(C)CCC4CC(=O)C2C3(O)O4)C1(C)CCO. The number of ether oxygens (including phenoxy) is 1. The van der Waals surface area contributed by atoms with Crippen molar-refractivity contribution in [1.82, 2.24) is 0 Å². The maximum Gasteiger partial charge on any atom is 0.188 e. The number of allylic oxidation sites excluding steroid dienone is 2. The largest absolute Gasteiger partial charge is 0.396 e. The molecule has 0 amide bonds. The first-order chi connectivity index (χ1) is 15.4. The Morgan fingerprint density at radius 3 is 2.42 bits per heavy atom. The molecule has 5 heteroatoms. The highest BCUT2D eigenvalue weighted by atomic mass is 16.6. The fourth-order valence-corrected chi connectivity index (χ4v) is 7.94. The quantitative estimate of drug-likeness (QED) is 0.545. The zero-order valence-corrected chi connectivity index (χ0v) is 21.3. The number of carbonyl (C=O) groups excluding carboxylic acids is 2. The third-order valence-electron chi connectivity index (χ3n) is 10.5. The highest BCUT2D eigenvalue weighted by Gasteiger charge is 2.75. The summed E-state index contributed by atoms with van der Waals surface area (Å²) in [5.41, 5.74) is -1.30. The zero-order chi connectivity index (χ0) is 24.3. The Kier molecular flexibility index (Phi) is 6.51. The standard InChI is InChI=1S/C28H44O5/c1-16(2)17(3)7-8-18(4)20-9-10-21(26(20,5)13-14-29)23-24-22(30)15-19-11-12-27(6,25(23)31)28(24,32)33-19/h7-8,16-21,23-24,29,32H,9-15H2,1-6H3. The summed E-state index contributed by atoms with van der Waals surface area (Å²) < 4.78 is 6.07. The lowest BCUT2D eigenvalue weighted by Crippen LogP contribution is -2.61. The second-order valence-electron chi connectivity index (χ2n) is 12.5. The minimum atomic E-state index is -1.68. The molecule has 2 aliphatic heterocycles. The van der Waals surface area contributed by atoms with Crippen LogP contribution < -0.4 is 0 Å². The van der Waals surface area contributed by atoms with Crippen molar-refractivity contribution in [2.75, 3.05) is 6.61 Å². The molecular weight excluding hydrogens is 416 g/mol. The van der Waals surface area contributed by atoms with E-state index in [0.717, 1.165) is 12.8 Å². The van der Waals surface area contributed by atoms with Crippen LogP contribution in [0.3, 0.4) is 0 Å². The molecular formula is C28H44O5. The summed E-state index contributed by atoms with van der Waals surface area (Å²) in [5, 5.41) is 21.7. The Hall–Kier alpha value is -1.04. The molecule has 0 radical (unpaired) electrons. The van der Waals surface area contributed by atoms with Gasteiger partial charge in [-0.05, 0) is 74.0 Å². The summed E-state index contributed by atoms with van der Waals surface area (Å²) in [6.07, 6.45) is 8.28. The first kappa shape index (κ1) is 25.1. The Bertz CT molecular complexity index is 819. The van der Waals surface area contributed by atoms with Crippen molar-refractivity contribution in [2.45, 2.75) is 92.0 Å². The van der Waals surface area contributed by atoms with Gasteiger partial charge in [0.15, 0.2) is 5.79 Å². The van der Waals surface area contributed by atoms with Crippen LogP contribution in [0.4, 0.5) is 0 Å². The summed E-state index contributed by atoms with van der Waals surface area (Å²) in [6.45, 7) is 13.0. The number of rotatable bonds is 7. The van der Waals surface area contributed by atoms with Crippen molar-refractivity contribution in [1.29, 1.82) is 0 Å². The van der Waals surface area contributed by atoms with Gasteiger partial charge in [0.2, 0.25) is 0 Å². The molecule has 4 aliphatic rings. The molecule has 4 rings (SSSR count). The highest BCUT2D eigenvalue weighted by Crippen LogP contribution is 2.66. The van der Waals surface area contributed by atoms with Gasteiger partial charge in [-0.25, -0.2) is 0 Å². The van der Waals surface area contributed by atoms with E-state index in [9.17, 15) is 19.8 Å². The normalized spacial score (nSPS) is 47.0. The van der Waals surface area contributed by atoms with Gasteiger partial charge in [0.1, 0.15) is 11.6 Å². The maximum atomic E-state index is 14.0. The van der Waals surface area contributed by atoms with E-state index in [-0.39, 0.29) is 35.6 Å². The Balaban J connectivity index is 1.68. The van der Waals surface area contributed by atoms with E-state index in [1.807, 2.05) is 6.92 Å². The van der Waals surface area contributed by atoms with E-state index in [1.54, 1.807) is 0 Å². The van der Waals surface area contributed by atoms with Crippen LogP contribution in [0.1, 0.15) is 80.1 Å². The van der Waals surface area contributed by atoms with E-state index < -0.39 is 23.0 Å². The second kappa shape index (κ2) is 8.57. The molecule has 0 aromatic heterocycles. The minimum absolute atomic E-state index is 0.00939. The van der Waals surface area contributed by atoms with Crippen molar-refractivity contribution in [3.05, 3.63) is 12.2 Å². The molecule has 2 saturated heterocycles. The highest BCUT2D eigenvalue weighted by molar-refractivity contribution is 5.99. The van der Waals surface area contributed by atoms with Crippen LogP contribution >= 0.6 is 0 Å². The monoisotopic (exact) mass is 460 g/mol. The molecule has 0 spiro atoms. The molecule has 2 N–H and O–H groups in total. The van der Waals surface area contributed by atoms with Crippen molar-refractivity contribution in [2.24, 2.45) is 52.3 Å². The smallest absolute Gasteiger partial charge is 0.188 e. The van der Waals surface area contributed by atoms with Crippen LogP contribution in [0, 0.1) is 52.3 Å². The van der Waals surface area contributed by atoms with Gasteiger partial charge in [-0.3, -0.25) is 9.59 Å². The van der Waals surface area contributed by atoms with Crippen molar-refractivity contribution in [3.8, 4) is 0 Å². The number of aliphatic hydroxyl groups excluding tert-OH is 1. The van der Waals surface area contributed by atoms with Crippen LogP contribution in [-0.4, -0.2) is 40.3 Å². The van der Waals surface area contributed by atoms with Gasteiger partial charge >= 0.3 is 0 Å². The fourth-order valence-electron chi connectivity index (χ4n) is 7.94. The van der Waals surface area contributed by atoms with Gasteiger partial charge in [0.25, 0.3) is 0 Å². The maximum absolute atomic E-state index is 14.0. The van der Waals surface area contributed by atoms with Gasteiger partial charge in [-0.15, -0.1) is 0 Å². The molecule has 0 aromatic rings. The molecule has 5 nitrogen and oxygen atoms in total. The number of hydrogen-bond donors (Lipinski definition) is 2. The van der Waals surface area contributed by atoms with Gasteiger partial charge in [0, 0.05) is 18.9 Å². The van der Waals surface area contributed by atoms with E-state index in [0.29, 0.717) is 49.4 Å². The summed E-state index contributed by atoms with van der Waals surface area (Å²) in [6, 6.07) is 0. The van der Waals surface area contributed by atoms with Crippen LogP contribution in [0.25, 0.3) is 0 Å². The lowest BCUT2D eigenvalue weighted by atomic mass is 9.61. The third kappa shape index (κ3) is 3.60. The Labute approximate surface area is 199 Å². The molecule has 2 aliphatic carbocycles. The zero-order valence-electron chi connectivity index (χ0n) is 21.3. The third-order valence-corrected chi connectivity index (χ3v) is 10.5. The van der Waals surface area contributed by atoms with Gasteiger partial charge in [-0.1, -0.05) is 46.8 Å². The lowest BCUT2D eigenvalue weighted by Gasteiger charge is -2.50. The van der Waals surface area contributed by atoms with E-state index in [4.69, 9.17) is 4.74 Å². The van der Waals surface area contributed by atoms with Gasteiger partial charge in [0.05, 0.1) is 17.4 Å². The van der Waals surface area contributed by atoms with E-state index in [1.165, 1.54) is 0 Å². The van der Waals surface area contributed by atoms with Crippen LogP contribution in [-0.2, 0) is 14.3 Å². The Morgan fingerprint density at radius 1 is 1.09 bits per heavy atom. The molecule has 186 valence electrons. The molecule has 2 bridgehead atoms. The lowest BCUT2D eigenvalue weighted by molar-refractivity contribution is -0.324. The summed E-state index contributed by atoms with van der Waals surface area (Å²) >= 11 is 0. The molecule has 4 fully saturated rings. The average molecular weight is 461 g/mol. The summed E-state index contributed by atoms with van der Waals surface area (Å²) in [4.78, 5) is 27.3. The second-order valence-corrected chi connectivity index (χ2v) is 12.5. The number of aliphatic hydroxyl groups is 2. The average Bonchev–Trinajstić information content (AvgIpc) is 3.17. The predicted molar refractivity (Wildman–Crippen MR) is 127 cm³/mol. The fraction of sp³-hybridized carbons (Fsp3) is 0.857. The van der Waals surface area contributed by atoms with Crippen molar-refractivity contribution in [3.63, 3.8) is 0 Å². The van der Waals surface area contributed by atoms with E-state index in [2.05, 4.69) is 46.8 Å². The van der Waals surface area contributed by atoms with Crippen LogP contribution in [0.2, 0.25) is 0 Å². The molecule has 0 aromatic carbocycles.